The molecule has 3 aromatic rings. The van der Waals surface area contributed by atoms with E-state index < -0.39 is 5.60 Å². The van der Waals surface area contributed by atoms with E-state index in [4.69, 9.17) is 35.9 Å². The molecule has 0 atom stereocenters. The highest BCUT2D eigenvalue weighted by molar-refractivity contribution is 6.30. The lowest BCUT2D eigenvalue weighted by Crippen LogP contribution is -2.38. The van der Waals surface area contributed by atoms with E-state index in [2.05, 4.69) is 29.0 Å². The molecule has 2 aromatic heterocycles. The van der Waals surface area contributed by atoms with E-state index in [1.165, 1.54) is 0 Å². The second kappa shape index (κ2) is 16.3. The van der Waals surface area contributed by atoms with Crippen LogP contribution in [-0.4, -0.2) is 66.1 Å². The Bertz CT molecular complexity index is 1420. The monoisotopic (exact) mass is 654 g/mol. The van der Waals surface area contributed by atoms with Crippen LogP contribution in [0.2, 0.25) is 5.02 Å². The summed E-state index contributed by atoms with van der Waals surface area (Å²) in [5, 5.41) is 12.5. The predicted molar refractivity (Wildman–Crippen MR) is 186 cm³/mol. The Hall–Kier alpha value is -3.56. The third-order valence-corrected chi connectivity index (χ3v) is 7.58. The molecule has 0 saturated carbocycles. The van der Waals surface area contributed by atoms with Crippen molar-refractivity contribution in [3.8, 4) is 22.8 Å². The summed E-state index contributed by atoms with van der Waals surface area (Å²) >= 11 is 6.03. The number of aliphatic hydroxyl groups is 1. The first-order valence-corrected chi connectivity index (χ1v) is 16.3. The molecule has 0 amide bonds. The van der Waals surface area contributed by atoms with E-state index in [1.807, 2.05) is 45.3 Å². The van der Waals surface area contributed by atoms with Gasteiger partial charge in [0.25, 0.3) is 0 Å². The average Bonchev–Trinajstić information content (AvgIpc) is 2.96. The number of carbonyl (C=O) groups is 1. The van der Waals surface area contributed by atoms with Gasteiger partial charge in [-0.25, -0.2) is 0 Å². The van der Waals surface area contributed by atoms with Crippen LogP contribution < -0.4 is 19.7 Å². The molecular formula is C36H51ClN4O5. The predicted octanol–water partition coefficient (Wildman–Crippen LogP) is 7.50. The number of hydrogen-bond donors (Lipinski definition) is 2. The fourth-order valence-corrected chi connectivity index (χ4v) is 5.12. The minimum atomic E-state index is -0.500. The van der Waals surface area contributed by atoms with Crippen molar-refractivity contribution < 1.29 is 24.1 Å². The normalized spacial score (nSPS) is 14.3. The fraction of sp³-hybridized carbons (Fsp3) is 0.528. The summed E-state index contributed by atoms with van der Waals surface area (Å²) in [6.07, 6.45) is 5.85. The van der Waals surface area contributed by atoms with Gasteiger partial charge in [-0.1, -0.05) is 25.4 Å². The van der Waals surface area contributed by atoms with Crippen molar-refractivity contribution in [2.75, 3.05) is 43.6 Å². The van der Waals surface area contributed by atoms with Crippen molar-refractivity contribution in [2.45, 2.75) is 86.4 Å². The van der Waals surface area contributed by atoms with Crippen LogP contribution >= 0.6 is 11.6 Å². The Morgan fingerprint density at radius 3 is 2.35 bits per heavy atom. The highest BCUT2D eigenvalue weighted by atomic mass is 35.5. The molecule has 10 heteroatoms. The van der Waals surface area contributed by atoms with Gasteiger partial charge < -0.3 is 29.5 Å². The zero-order valence-corrected chi connectivity index (χ0v) is 29.6. The second-order valence-corrected chi connectivity index (χ2v) is 14.1. The molecule has 0 spiro atoms. The van der Waals surface area contributed by atoms with Gasteiger partial charge in [0.05, 0.1) is 48.5 Å². The largest absolute Gasteiger partial charge is 0.493 e. The van der Waals surface area contributed by atoms with Crippen molar-refractivity contribution in [1.29, 1.82) is 0 Å². The van der Waals surface area contributed by atoms with E-state index in [0.29, 0.717) is 35.1 Å². The third kappa shape index (κ3) is 11.7. The number of aryl methyl sites for hydroxylation is 1. The van der Waals surface area contributed by atoms with Crippen molar-refractivity contribution >= 4 is 28.9 Å². The van der Waals surface area contributed by atoms with Crippen LogP contribution in [0.3, 0.4) is 0 Å². The van der Waals surface area contributed by atoms with Crippen LogP contribution in [0.25, 0.3) is 11.3 Å². The summed E-state index contributed by atoms with van der Waals surface area (Å²) in [5.74, 6) is 0.993. The average molecular weight is 655 g/mol. The summed E-state index contributed by atoms with van der Waals surface area (Å²) in [5.41, 5.74) is 5.19. The second-order valence-electron chi connectivity index (χ2n) is 13.6. The Balaban J connectivity index is 0.00000107. The number of rotatable bonds is 11. The van der Waals surface area contributed by atoms with Crippen molar-refractivity contribution in [3.05, 3.63) is 59.0 Å². The minimum Gasteiger partial charge on any atom is -0.493 e. The van der Waals surface area contributed by atoms with Crippen LogP contribution in [0.5, 0.6) is 11.5 Å². The van der Waals surface area contributed by atoms with Crippen LogP contribution in [-0.2, 0) is 16.0 Å². The third-order valence-electron chi connectivity index (χ3n) is 7.34. The van der Waals surface area contributed by atoms with Crippen LogP contribution in [0, 0.1) is 12.3 Å². The van der Waals surface area contributed by atoms with E-state index in [1.54, 1.807) is 46.1 Å². The van der Waals surface area contributed by atoms with Crippen molar-refractivity contribution in [3.63, 3.8) is 0 Å². The Kier molecular flexibility index (Phi) is 13.1. The van der Waals surface area contributed by atoms with Crippen LogP contribution in [0.1, 0.15) is 72.6 Å². The Labute approximate surface area is 279 Å². The maximum Gasteiger partial charge on any atom is 0.310 e. The number of methoxy groups -OCH3 is 1. The number of pyridine rings is 2. The number of esters is 1. The molecule has 9 nitrogen and oxygen atoms in total. The summed E-state index contributed by atoms with van der Waals surface area (Å²) in [6, 6.07) is 9.29. The number of nitrogens with zero attached hydrogens (tertiary/aromatic N) is 3. The molecule has 0 unspecified atom stereocenters. The highest BCUT2D eigenvalue weighted by Crippen LogP contribution is 2.39. The van der Waals surface area contributed by atoms with Gasteiger partial charge >= 0.3 is 5.97 Å². The summed E-state index contributed by atoms with van der Waals surface area (Å²) in [6.45, 7) is 18.4. The molecule has 1 saturated heterocycles. The Morgan fingerprint density at radius 1 is 1.09 bits per heavy atom. The lowest BCUT2D eigenvalue weighted by molar-refractivity contribution is -0.146. The molecule has 1 aromatic carbocycles. The quantitative estimate of drug-likeness (QED) is 0.161. The molecule has 1 fully saturated rings. The number of benzene rings is 1. The van der Waals surface area contributed by atoms with Crippen molar-refractivity contribution in [2.24, 2.45) is 5.41 Å². The zero-order valence-electron chi connectivity index (χ0n) is 28.9. The number of aromatic nitrogens is 2. The molecule has 4 rings (SSSR count). The number of halogens is 1. The van der Waals surface area contributed by atoms with Gasteiger partial charge in [0.15, 0.2) is 11.5 Å². The Morgan fingerprint density at radius 2 is 1.76 bits per heavy atom. The molecule has 3 heterocycles. The maximum atomic E-state index is 12.8. The standard InChI is InChI=1S/C32H41ClN4O4.C4H10O/c1-21(2)41-30(38)18-25-22(3)35-20-26(31(25)37-14-11-32(4,5)12-15-37)27-9-8-24(19-36-27)34-13-16-40-28-10-7-23(33)17-29(28)39-6;1-4(2,3)5/h7-10,17,19-21,34H,11-16,18H2,1-6H3;5H,1-3H3. The first kappa shape index (κ1) is 36.9. The van der Waals surface area contributed by atoms with E-state index in [0.717, 1.165) is 59.8 Å². The maximum absolute atomic E-state index is 12.8. The summed E-state index contributed by atoms with van der Waals surface area (Å²) in [7, 11) is 1.59. The lowest BCUT2D eigenvalue weighted by Gasteiger charge is -2.40. The van der Waals surface area contributed by atoms with Gasteiger partial charge in [0.1, 0.15) is 6.61 Å². The molecule has 1 aliphatic rings. The molecule has 1 aliphatic heterocycles. The van der Waals surface area contributed by atoms with Gasteiger partial charge in [-0.2, -0.15) is 0 Å². The number of piperidine rings is 1. The summed E-state index contributed by atoms with van der Waals surface area (Å²) in [4.78, 5) is 24.6. The molecule has 252 valence electrons. The summed E-state index contributed by atoms with van der Waals surface area (Å²) < 4.78 is 16.7. The van der Waals surface area contributed by atoms with E-state index in [-0.39, 0.29) is 18.5 Å². The highest BCUT2D eigenvalue weighted by Gasteiger charge is 2.30. The van der Waals surface area contributed by atoms with E-state index >= 15 is 0 Å². The molecule has 0 radical (unpaired) electrons. The molecule has 46 heavy (non-hydrogen) atoms. The van der Waals surface area contributed by atoms with Gasteiger partial charge in [-0.05, 0) is 84.1 Å². The molecule has 2 N–H and O–H groups in total. The molecule has 0 aliphatic carbocycles. The van der Waals surface area contributed by atoms with Crippen LogP contribution in [0.15, 0.2) is 42.7 Å². The number of ether oxygens (including phenoxy) is 3. The lowest BCUT2D eigenvalue weighted by atomic mass is 9.82. The van der Waals surface area contributed by atoms with Gasteiger partial charge in [0, 0.05) is 53.7 Å². The van der Waals surface area contributed by atoms with Gasteiger partial charge in [-0.3, -0.25) is 14.8 Å². The van der Waals surface area contributed by atoms with Gasteiger partial charge in [0.2, 0.25) is 0 Å². The zero-order chi connectivity index (χ0) is 34.1. The minimum absolute atomic E-state index is 0.168. The first-order valence-electron chi connectivity index (χ1n) is 15.9. The van der Waals surface area contributed by atoms with Crippen LogP contribution in [0.4, 0.5) is 11.4 Å². The number of carbonyl (C=O) groups excluding carboxylic acids is 1. The molecule has 0 bridgehead atoms. The number of anilines is 2. The first-order chi connectivity index (χ1) is 21.6. The number of nitrogens with one attached hydrogen (secondary N) is 1. The van der Waals surface area contributed by atoms with Gasteiger partial charge in [-0.15, -0.1) is 0 Å². The topological polar surface area (TPSA) is 106 Å². The molecular weight excluding hydrogens is 604 g/mol. The smallest absolute Gasteiger partial charge is 0.310 e. The number of hydrogen-bond acceptors (Lipinski definition) is 9. The fourth-order valence-electron chi connectivity index (χ4n) is 4.95. The van der Waals surface area contributed by atoms with Crippen molar-refractivity contribution in [1.82, 2.24) is 9.97 Å². The van der Waals surface area contributed by atoms with E-state index in [9.17, 15) is 4.79 Å². The SMILES string of the molecule is CC(C)(C)O.COc1cc(Cl)ccc1OCCNc1ccc(-c2cnc(C)c(CC(=O)OC(C)C)c2N2CCC(C)(C)CC2)nc1.